The summed E-state index contributed by atoms with van der Waals surface area (Å²) in [5.74, 6) is 3.45. The molecule has 2 N–H and O–H groups in total. The van der Waals surface area contributed by atoms with Crippen LogP contribution in [0.2, 0.25) is 0 Å². The van der Waals surface area contributed by atoms with Gasteiger partial charge in [-0.2, -0.15) is 0 Å². The van der Waals surface area contributed by atoms with Crippen LogP contribution in [0.15, 0.2) is 48.8 Å². The number of rotatable bonds is 7. The smallest absolute Gasteiger partial charge is 0.156 e. The van der Waals surface area contributed by atoms with Crippen LogP contribution in [0, 0.1) is 12.3 Å². The Morgan fingerprint density at radius 1 is 1.18 bits per heavy atom. The summed E-state index contributed by atoms with van der Waals surface area (Å²) in [6, 6.07) is 13.4. The van der Waals surface area contributed by atoms with Gasteiger partial charge in [-0.1, -0.05) is 25.0 Å². The van der Waals surface area contributed by atoms with Crippen LogP contribution in [-0.4, -0.2) is 27.8 Å². The molecule has 3 aromatic rings. The Kier molecular flexibility index (Phi) is 5.72. The van der Waals surface area contributed by atoms with Crippen molar-refractivity contribution in [1.29, 1.82) is 0 Å². The van der Waals surface area contributed by atoms with E-state index in [0.29, 0.717) is 12.2 Å². The number of ketones is 1. The fourth-order valence-electron chi connectivity index (χ4n) is 3.08. The average molecular weight is 372 g/mol. The van der Waals surface area contributed by atoms with Crippen LogP contribution in [0.4, 0.5) is 11.5 Å². The third-order valence-electron chi connectivity index (χ3n) is 4.67. The van der Waals surface area contributed by atoms with Crippen molar-refractivity contribution in [2.75, 3.05) is 11.9 Å². The van der Waals surface area contributed by atoms with Gasteiger partial charge in [-0.15, -0.1) is 6.42 Å². The summed E-state index contributed by atoms with van der Waals surface area (Å²) >= 11 is 0. The molecular weight excluding hydrogens is 348 g/mol. The first-order valence-corrected chi connectivity index (χ1v) is 9.28. The lowest BCUT2D eigenvalue weighted by molar-refractivity contribution is -0.123. The van der Waals surface area contributed by atoms with E-state index in [-0.39, 0.29) is 5.78 Å². The van der Waals surface area contributed by atoms with E-state index in [9.17, 15) is 4.79 Å². The van der Waals surface area contributed by atoms with Crippen molar-refractivity contribution in [3.63, 3.8) is 0 Å². The van der Waals surface area contributed by atoms with E-state index in [1.165, 1.54) is 6.33 Å². The molecule has 5 nitrogen and oxygen atoms in total. The van der Waals surface area contributed by atoms with Crippen LogP contribution < -0.4 is 10.6 Å². The Bertz CT molecular complexity index is 1050. The second kappa shape index (κ2) is 8.20. The first-order chi connectivity index (χ1) is 13.4. The number of Topliss-reactive ketones (excluding diaryl/α,β-unsaturated/α-hetero) is 1. The van der Waals surface area contributed by atoms with Gasteiger partial charge in [-0.05, 0) is 56.3 Å². The van der Waals surface area contributed by atoms with Crippen LogP contribution in [0.3, 0.4) is 0 Å². The fourth-order valence-corrected chi connectivity index (χ4v) is 3.08. The molecule has 0 atom stereocenters. The molecule has 0 aliphatic rings. The Morgan fingerprint density at radius 2 is 2.00 bits per heavy atom. The average Bonchev–Trinajstić information content (AvgIpc) is 2.68. The highest BCUT2D eigenvalue weighted by Crippen LogP contribution is 2.25. The lowest BCUT2D eigenvalue weighted by Crippen LogP contribution is -2.47. The molecule has 1 aromatic heterocycles. The highest BCUT2D eigenvalue weighted by atomic mass is 16.1. The van der Waals surface area contributed by atoms with Crippen molar-refractivity contribution < 1.29 is 4.79 Å². The highest BCUT2D eigenvalue weighted by molar-refractivity contribution is 5.93. The number of nitrogens with one attached hydrogen (secondary N) is 2. The minimum Gasteiger partial charge on any atom is -0.340 e. The Morgan fingerprint density at radius 3 is 2.75 bits per heavy atom. The normalized spacial score (nSPS) is 11.2. The zero-order valence-corrected chi connectivity index (χ0v) is 16.4. The van der Waals surface area contributed by atoms with E-state index in [1.54, 1.807) is 0 Å². The molecule has 5 heteroatoms. The quantitative estimate of drug-likeness (QED) is 0.617. The molecule has 0 spiro atoms. The maximum absolute atomic E-state index is 12.7. The number of fused-ring (bicyclic) bond motifs is 1. The first-order valence-electron chi connectivity index (χ1n) is 9.28. The summed E-state index contributed by atoms with van der Waals surface area (Å²) in [7, 11) is 0. The monoisotopic (exact) mass is 372 g/mol. The first kappa shape index (κ1) is 19.5. The van der Waals surface area contributed by atoms with Crippen molar-refractivity contribution in [2.45, 2.75) is 32.7 Å². The molecule has 2 aromatic carbocycles. The van der Waals surface area contributed by atoms with Crippen LogP contribution in [-0.2, 0) is 11.2 Å². The van der Waals surface area contributed by atoms with Gasteiger partial charge in [0, 0.05) is 23.1 Å². The van der Waals surface area contributed by atoms with E-state index in [0.717, 1.165) is 34.3 Å². The maximum atomic E-state index is 12.7. The zero-order chi connectivity index (χ0) is 20.1. The Labute approximate surface area is 165 Å². The van der Waals surface area contributed by atoms with Crippen molar-refractivity contribution in [3.05, 3.63) is 59.9 Å². The van der Waals surface area contributed by atoms with Crippen molar-refractivity contribution in [1.82, 2.24) is 15.3 Å². The number of likely N-dealkylation sites (N-methyl/N-ethyl adjacent to an activating group) is 1. The topological polar surface area (TPSA) is 66.9 Å². The predicted molar refractivity (Wildman–Crippen MR) is 114 cm³/mol. The summed E-state index contributed by atoms with van der Waals surface area (Å²) in [6.07, 6.45) is 7.35. The lowest BCUT2D eigenvalue weighted by atomic mass is 9.93. The van der Waals surface area contributed by atoms with Crippen LogP contribution in [0.1, 0.15) is 31.9 Å². The number of carbonyl (C=O) groups is 1. The zero-order valence-electron chi connectivity index (χ0n) is 16.4. The number of anilines is 2. The van der Waals surface area contributed by atoms with Crippen molar-refractivity contribution in [2.24, 2.45) is 0 Å². The van der Waals surface area contributed by atoms with Gasteiger partial charge < -0.3 is 10.6 Å². The fraction of sp³-hybridized carbons (Fsp3) is 0.261. The SMILES string of the molecule is C#Cc1cccc(Nc2ncnc3ccc(CC(=O)C(C)(C)NCC)cc23)c1. The molecule has 0 fully saturated rings. The third kappa shape index (κ3) is 4.36. The molecule has 28 heavy (non-hydrogen) atoms. The number of carbonyl (C=O) groups excluding carboxylic acids is 1. The van der Waals surface area contributed by atoms with Gasteiger partial charge in [-0.25, -0.2) is 9.97 Å². The highest BCUT2D eigenvalue weighted by Gasteiger charge is 2.25. The summed E-state index contributed by atoms with van der Waals surface area (Å²) in [5.41, 5.74) is 2.82. The number of aromatic nitrogens is 2. The van der Waals surface area contributed by atoms with Crippen molar-refractivity contribution in [3.8, 4) is 12.3 Å². The van der Waals surface area contributed by atoms with Gasteiger partial charge >= 0.3 is 0 Å². The molecule has 0 saturated carbocycles. The lowest BCUT2D eigenvalue weighted by Gasteiger charge is -2.24. The molecule has 142 valence electrons. The number of terminal acetylenes is 1. The van der Waals surface area contributed by atoms with E-state index >= 15 is 0 Å². The number of nitrogens with zero attached hydrogens (tertiary/aromatic N) is 2. The number of benzene rings is 2. The van der Waals surface area contributed by atoms with E-state index in [4.69, 9.17) is 6.42 Å². The molecular formula is C23H24N4O. The van der Waals surface area contributed by atoms with Gasteiger partial charge in [0.15, 0.2) is 5.78 Å². The molecule has 0 radical (unpaired) electrons. The van der Waals surface area contributed by atoms with Gasteiger partial charge in [0.05, 0.1) is 11.1 Å². The second-order valence-corrected chi connectivity index (χ2v) is 7.18. The number of hydrogen-bond donors (Lipinski definition) is 2. The standard InChI is InChI=1S/C23H24N4O/c1-5-16-8-7-9-18(12-16)27-22-19-13-17(10-11-20(19)24-15-25-22)14-21(28)23(3,4)26-6-2/h1,7-13,15,26H,6,14H2,2-4H3,(H,24,25,27). The predicted octanol–water partition coefficient (Wildman–Crippen LogP) is 3.85. The summed E-state index contributed by atoms with van der Waals surface area (Å²) < 4.78 is 0. The minimum atomic E-state index is -0.562. The summed E-state index contributed by atoms with van der Waals surface area (Å²) in [6.45, 7) is 6.56. The van der Waals surface area contributed by atoms with E-state index in [1.807, 2.05) is 63.2 Å². The summed E-state index contributed by atoms with van der Waals surface area (Å²) in [5, 5.41) is 7.40. The molecule has 0 aliphatic heterocycles. The molecule has 0 unspecified atom stereocenters. The Balaban J connectivity index is 1.91. The minimum absolute atomic E-state index is 0.141. The number of hydrogen-bond acceptors (Lipinski definition) is 5. The second-order valence-electron chi connectivity index (χ2n) is 7.18. The van der Waals surface area contributed by atoms with Crippen LogP contribution in [0.25, 0.3) is 10.9 Å². The van der Waals surface area contributed by atoms with E-state index < -0.39 is 5.54 Å². The maximum Gasteiger partial charge on any atom is 0.156 e. The summed E-state index contributed by atoms with van der Waals surface area (Å²) in [4.78, 5) is 21.4. The third-order valence-corrected chi connectivity index (χ3v) is 4.67. The van der Waals surface area contributed by atoms with Gasteiger partial charge in [0.1, 0.15) is 12.1 Å². The molecule has 0 aliphatic carbocycles. The largest absolute Gasteiger partial charge is 0.340 e. The molecule has 3 rings (SSSR count). The van der Waals surface area contributed by atoms with E-state index in [2.05, 4.69) is 26.5 Å². The molecule has 0 bridgehead atoms. The molecule has 1 heterocycles. The van der Waals surface area contributed by atoms with Crippen LogP contribution in [0.5, 0.6) is 0 Å². The molecule has 0 amide bonds. The van der Waals surface area contributed by atoms with Gasteiger partial charge in [-0.3, -0.25) is 4.79 Å². The Hall–Kier alpha value is -3.23. The van der Waals surface area contributed by atoms with Crippen LogP contribution >= 0.6 is 0 Å². The molecule has 0 saturated heterocycles. The van der Waals surface area contributed by atoms with Gasteiger partial charge in [0.25, 0.3) is 0 Å². The van der Waals surface area contributed by atoms with Crippen molar-refractivity contribution >= 4 is 28.2 Å². The van der Waals surface area contributed by atoms with Gasteiger partial charge in [0.2, 0.25) is 0 Å².